The molecule has 2 aromatic rings. The second kappa shape index (κ2) is 6.93. The van der Waals surface area contributed by atoms with Crippen LogP contribution in [0.4, 0.5) is 0 Å². The molecule has 0 unspecified atom stereocenters. The Kier molecular flexibility index (Phi) is 4.98. The van der Waals surface area contributed by atoms with E-state index in [1.165, 1.54) is 0 Å². The molecule has 0 saturated heterocycles. The van der Waals surface area contributed by atoms with Crippen molar-refractivity contribution < 1.29 is 14.6 Å². The van der Waals surface area contributed by atoms with Crippen LogP contribution in [-0.2, 0) is 13.2 Å². The van der Waals surface area contributed by atoms with Gasteiger partial charge in [-0.3, -0.25) is 0 Å². The fourth-order valence-corrected chi connectivity index (χ4v) is 1.94. The summed E-state index contributed by atoms with van der Waals surface area (Å²) in [7, 11) is 3.49. The number of ether oxygens (including phenoxy) is 2. The molecule has 2 rings (SSSR count). The molecular weight excluding hydrogens is 254 g/mol. The van der Waals surface area contributed by atoms with E-state index in [-0.39, 0.29) is 6.61 Å². The third kappa shape index (κ3) is 3.50. The van der Waals surface area contributed by atoms with Crippen LogP contribution < -0.4 is 14.8 Å². The number of methoxy groups -OCH3 is 1. The molecule has 0 amide bonds. The smallest absolute Gasteiger partial charge is 0.169 e. The maximum atomic E-state index is 9.13. The summed E-state index contributed by atoms with van der Waals surface area (Å²) >= 11 is 0. The van der Waals surface area contributed by atoms with E-state index in [1.54, 1.807) is 19.2 Å². The molecule has 2 aromatic carbocycles. The highest BCUT2D eigenvalue weighted by Gasteiger charge is 2.07. The normalized spacial score (nSPS) is 10.3. The van der Waals surface area contributed by atoms with Crippen molar-refractivity contribution in [1.29, 1.82) is 0 Å². The third-order valence-corrected chi connectivity index (χ3v) is 2.92. The molecule has 0 aliphatic heterocycles. The number of benzene rings is 2. The van der Waals surface area contributed by atoms with Crippen molar-refractivity contribution >= 4 is 0 Å². The van der Waals surface area contributed by atoms with Gasteiger partial charge < -0.3 is 19.9 Å². The van der Waals surface area contributed by atoms with Gasteiger partial charge in [0.2, 0.25) is 0 Å². The number of aliphatic hydroxyl groups excluding tert-OH is 1. The molecule has 2 N–H and O–H groups in total. The molecule has 4 nitrogen and oxygen atoms in total. The van der Waals surface area contributed by atoms with Gasteiger partial charge in [-0.15, -0.1) is 0 Å². The number of hydrogen-bond donors (Lipinski definition) is 2. The lowest BCUT2D eigenvalue weighted by molar-refractivity contribution is 0.280. The Morgan fingerprint density at radius 3 is 2.60 bits per heavy atom. The molecule has 0 aliphatic rings. The lowest BCUT2D eigenvalue weighted by Gasteiger charge is -2.12. The molecule has 0 saturated carbocycles. The zero-order valence-electron chi connectivity index (χ0n) is 11.7. The van der Waals surface area contributed by atoms with Crippen LogP contribution in [0.25, 0.3) is 0 Å². The van der Waals surface area contributed by atoms with Gasteiger partial charge in [0.15, 0.2) is 11.5 Å². The largest absolute Gasteiger partial charge is 0.493 e. The highest BCUT2D eigenvalue weighted by Crippen LogP contribution is 2.32. The summed E-state index contributed by atoms with van der Waals surface area (Å²) < 4.78 is 11.1. The Morgan fingerprint density at radius 1 is 1.05 bits per heavy atom. The standard InChI is InChI=1S/C16H19NO3/c1-17-10-12-4-3-5-14(8-12)20-15-7-6-13(11-18)9-16(15)19-2/h3-9,17-18H,10-11H2,1-2H3. The zero-order chi connectivity index (χ0) is 14.4. The van der Waals surface area contributed by atoms with Gasteiger partial charge in [0.05, 0.1) is 13.7 Å². The molecule has 20 heavy (non-hydrogen) atoms. The number of nitrogens with one attached hydrogen (secondary N) is 1. The van der Waals surface area contributed by atoms with Crippen molar-refractivity contribution in [2.75, 3.05) is 14.2 Å². The summed E-state index contributed by atoms with van der Waals surface area (Å²) in [5.74, 6) is 2.00. The first-order chi connectivity index (χ1) is 9.76. The van der Waals surface area contributed by atoms with Crippen molar-refractivity contribution in [2.45, 2.75) is 13.2 Å². The molecule has 0 aliphatic carbocycles. The predicted molar refractivity (Wildman–Crippen MR) is 78.2 cm³/mol. The molecule has 0 spiro atoms. The van der Waals surface area contributed by atoms with E-state index >= 15 is 0 Å². The van der Waals surface area contributed by atoms with E-state index in [2.05, 4.69) is 5.32 Å². The van der Waals surface area contributed by atoms with Gasteiger partial charge in [-0.2, -0.15) is 0 Å². The Morgan fingerprint density at radius 2 is 1.90 bits per heavy atom. The number of hydrogen-bond acceptors (Lipinski definition) is 4. The maximum absolute atomic E-state index is 9.13. The van der Waals surface area contributed by atoms with E-state index in [0.29, 0.717) is 11.5 Å². The Labute approximate surface area is 119 Å². The summed E-state index contributed by atoms with van der Waals surface area (Å²) in [6.07, 6.45) is 0. The average Bonchev–Trinajstić information content (AvgIpc) is 2.48. The van der Waals surface area contributed by atoms with Crippen molar-refractivity contribution in [3.05, 3.63) is 53.6 Å². The second-order valence-electron chi connectivity index (χ2n) is 4.42. The average molecular weight is 273 g/mol. The van der Waals surface area contributed by atoms with E-state index in [4.69, 9.17) is 14.6 Å². The molecule has 106 valence electrons. The van der Waals surface area contributed by atoms with Gasteiger partial charge in [-0.05, 0) is 42.4 Å². The Balaban J connectivity index is 2.22. The fourth-order valence-electron chi connectivity index (χ4n) is 1.94. The van der Waals surface area contributed by atoms with Crippen LogP contribution in [0.2, 0.25) is 0 Å². The zero-order valence-corrected chi connectivity index (χ0v) is 11.7. The summed E-state index contributed by atoms with van der Waals surface area (Å²) in [4.78, 5) is 0. The van der Waals surface area contributed by atoms with Gasteiger partial charge in [0, 0.05) is 6.54 Å². The quantitative estimate of drug-likeness (QED) is 0.849. The van der Waals surface area contributed by atoms with E-state index in [1.807, 2.05) is 37.4 Å². The number of rotatable bonds is 6. The van der Waals surface area contributed by atoms with Gasteiger partial charge in [0.25, 0.3) is 0 Å². The lowest BCUT2D eigenvalue weighted by Crippen LogP contribution is -2.04. The van der Waals surface area contributed by atoms with Crippen molar-refractivity contribution in [3.8, 4) is 17.2 Å². The summed E-state index contributed by atoms with van der Waals surface area (Å²) in [5, 5.41) is 12.2. The molecule has 0 aromatic heterocycles. The van der Waals surface area contributed by atoms with Gasteiger partial charge in [0.1, 0.15) is 5.75 Å². The molecule has 4 heteroatoms. The minimum atomic E-state index is -0.0195. The van der Waals surface area contributed by atoms with Crippen LogP contribution in [0, 0.1) is 0 Å². The van der Waals surface area contributed by atoms with Crippen molar-refractivity contribution in [1.82, 2.24) is 5.32 Å². The van der Waals surface area contributed by atoms with Gasteiger partial charge in [-0.1, -0.05) is 18.2 Å². The second-order valence-corrected chi connectivity index (χ2v) is 4.42. The molecule has 0 bridgehead atoms. The predicted octanol–water partition coefficient (Wildman–Crippen LogP) is 2.70. The van der Waals surface area contributed by atoms with E-state index in [0.717, 1.165) is 23.4 Å². The van der Waals surface area contributed by atoms with Crippen molar-refractivity contribution in [2.24, 2.45) is 0 Å². The fraction of sp³-hybridized carbons (Fsp3) is 0.250. The topological polar surface area (TPSA) is 50.7 Å². The SMILES string of the molecule is CNCc1cccc(Oc2ccc(CO)cc2OC)c1. The molecule has 0 heterocycles. The van der Waals surface area contributed by atoms with Crippen LogP contribution in [0.1, 0.15) is 11.1 Å². The molecule has 0 fully saturated rings. The molecule has 0 atom stereocenters. The van der Waals surface area contributed by atoms with Gasteiger partial charge in [-0.25, -0.2) is 0 Å². The van der Waals surface area contributed by atoms with E-state index in [9.17, 15) is 0 Å². The highest BCUT2D eigenvalue weighted by atomic mass is 16.5. The van der Waals surface area contributed by atoms with Crippen LogP contribution in [0.3, 0.4) is 0 Å². The van der Waals surface area contributed by atoms with E-state index < -0.39 is 0 Å². The molecule has 0 radical (unpaired) electrons. The summed E-state index contributed by atoms with van der Waals surface area (Å²) in [6.45, 7) is 0.770. The lowest BCUT2D eigenvalue weighted by atomic mass is 10.2. The monoisotopic (exact) mass is 273 g/mol. The van der Waals surface area contributed by atoms with Crippen LogP contribution in [0.5, 0.6) is 17.2 Å². The maximum Gasteiger partial charge on any atom is 0.169 e. The minimum absolute atomic E-state index is 0.0195. The number of aliphatic hydroxyl groups is 1. The van der Waals surface area contributed by atoms with Crippen LogP contribution in [-0.4, -0.2) is 19.3 Å². The first kappa shape index (κ1) is 14.4. The minimum Gasteiger partial charge on any atom is -0.493 e. The molecular formula is C16H19NO3. The third-order valence-electron chi connectivity index (χ3n) is 2.92. The highest BCUT2D eigenvalue weighted by molar-refractivity contribution is 5.45. The van der Waals surface area contributed by atoms with Crippen LogP contribution in [0.15, 0.2) is 42.5 Å². The first-order valence-electron chi connectivity index (χ1n) is 6.46. The Hall–Kier alpha value is -2.04. The van der Waals surface area contributed by atoms with Gasteiger partial charge >= 0.3 is 0 Å². The van der Waals surface area contributed by atoms with Crippen molar-refractivity contribution in [3.63, 3.8) is 0 Å². The van der Waals surface area contributed by atoms with Crippen LogP contribution >= 0.6 is 0 Å². The summed E-state index contributed by atoms with van der Waals surface area (Å²) in [6, 6.07) is 13.3. The summed E-state index contributed by atoms with van der Waals surface area (Å²) in [5.41, 5.74) is 1.94. The first-order valence-corrected chi connectivity index (χ1v) is 6.46. The Bertz CT molecular complexity index is 569.